The maximum absolute atomic E-state index is 12.8. The van der Waals surface area contributed by atoms with Crippen molar-refractivity contribution in [2.45, 2.75) is 39.2 Å². The van der Waals surface area contributed by atoms with Gasteiger partial charge in [-0.25, -0.2) is 9.50 Å². The molecule has 0 saturated carbocycles. The van der Waals surface area contributed by atoms with Crippen molar-refractivity contribution in [1.82, 2.24) is 19.2 Å². The van der Waals surface area contributed by atoms with Crippen LogP contribution in [0.25, 0.3) is 16.0 Å². The highest BCUT2D eigenvalue weighted by molar-refractivity contribution is 7.71. The van der Waals surface area contributed by atoms with Crippen molar-refractivity contribution in [3.8, 4) is 0 Å². The van der Waals surface area contributed by atoms with Crippen molar-refractivity contribution < 1.29 is 0 Å². The van der Waals surface area contributed by atoms with Gasteiger partial charge in [-0.3, -0.25) is 9.36 Å². The first-order chi connectivity index (χ1) is 9.72. The van der Waals surface area contributed by atoms with E-state index in [-0.39, 0.29) is 5.56 Å². The smallest absolute Gasteiger partial charge is 0.263 e. The van der Waals surface area contributed by atoms with E-state index < -0.39 is 0 Å². The minimum Gasteiger partial charge on any atom is -0.277 e. The normalized spacial score (nSPS) is 15.1. The van der Waals surface area contributed by atoms with Crippen molar-refractivity contribution in [2.24, 2.45) is 0 Å². The highest BCUT2D eigenvalue weighted by Gasteiger charge is 2.22. The quantitative estimate of drug-likeness (QED) is 0.703. The summed E-state index contributed by atoms with van der Waals surface area (Å²) in [6.07, 6.45) is 4.46. The highest BCUT2D eigenvalue weighted by atomic mass is 32.1. The summed E-state index contributed by atoms with van der Waals surface area (Å²) >= 11 is 7.05. The summed E-state index contributed by atoms with van der Waals surface area (Å²) in [6.45, 7) is 2.56. The van der Waals surface area contributed by atoms with Crippen LogP contribution in [0.2, 0.25) is 0 Å². The van der Waals surface area contributed by atoms with E-state index >= 15 is 0 Å². The highest BCUT2D eigenvalue weighted by Crippen LogP contribution is 2.34. The van der Waals surface area contributed by atoms with Gasteiger partial charge in [0.25, 0.3) is 5.56 Å². The summed E-state index contributed by atoms with van der Waals surface area (Å²) in [6, 6.07) is 0. The molecular formula is C13H14N4OS2. The number of H-pyrrole nitrogens is 1. The molecule has 3 aromatic rings. The summed E-state index contributed by atoms with van der Waals surface area (Å²) in [5.41, 5.74) is 1.32. The molecule has 0 amide bonds. The van der Waals surface area contributed by atoms with Crippen molar-refractivity contribution in [2.75, 3.05) is 0 Å². The standard InChI is InChI=1S/C13H14N4OS2/c1-2-16-10(18)9-7-5-3-4-6-8(7)20-11(9)17-12(16)14-15-13(17)19/h2-6H2,1H3,(H,15,19). The Hall–Kier alpha value is -1.47. The fourth-order valence-electron chi connectivity index (χ4n) is 3.09. The molecule has 1 N–H and O–H groups in total. The zero-order valence-corrected chi connectivity index (χ0v) is 12.7. The summed E-state index contributed by atoms with van der Waals surface area (Å²) in [4.78, 5) is 15.1. The minimum atomic E-state index is 0.0726. The predicted molar refractivity (Wildman–Crippen MR) is 82.3 cm³/mol. The number of nitrogens with zero attached hydrogens (tertiary/aromatic N) is 3. The van der Waals surface area contributed by atoms with Gasteiger partial charge < -0.3 is 0 Å². The van der Waals surface area contributed by atoms with Crippen LogP contribution in [0, 0.1) is 4.77 Å². The van der Waals surface area contributed by atoms with E-state index in [1.165, 1.54) is 23.3 Å². The van der Waals surface area contributed by atoms with Crippen LogP contribution < -0.4 is 5.56 Å². The zero-order valence-electron chi connectivity index (χ0n) is 11.1. The number of aryl methyl sites for hydroxylation is 3. The molecule has 3 heterocycles. The molecule has 0 atom stereocenters. The number of thiophene rings is 1. The molecule has 3 aromatic heterocycles. The molecule has 0 spiro atoms. The monoisotopic (exact) mass is 306 g/mol. The van der Waals surface area contributed by atoms with Gasteiger partial charge in [0, 0.05) is 11.4 Å². The van der Waals surface area contributed by atoms with Gasteiger partial charge in [-0.05, 0) is 50.4 Å². The zero-order chi connectivity index (χ0) is 13.9. The van der Waals surface area contributed by atoms with E-state index in [2.05, 4.69) is 10.2 Å². The van der Waals surface area contributed by atoms with Crippen LogP contribution in [0.4, 0.5) is 0 Å². The lowest BCUT2D eigenvalue weighted by molar-refractivity contribution is 0.696. The number of fused-ring (bicyclic) bond motifs is 5. The molecule has 1 aliphatic rings. The van der Waals surface area contributed by atoms with Gasteiger partial charge in [0.15, 0.2) is 0 Å². The van der Waals surface area contributed by atoms with Crippen LogP contribution in [0.5, 0.6) is 0 Å². The largest absolute Gasteiger partial charge is 0.277 e. The van der Waals surface area contributed by atoms with E-state index in [4.69, 9.17) is 12.2 Å². The second kappa shape index (κ2) is 4.26. The average Bonchev–Trinajstić information content (AvgIpc) is 3.00. The van der Waals surface area contributed by atoms with E-state index in [1.54, 1.807) is 15.9 Å². The van der Waals surface area contributed by atoms with Gasteiger partial charge in [0.1, 0.15) is 4.83 Å². The molecule has 4 rings (SSSR count). The Balaban J connectivity index is 2.32. The van der Waals surface area contributed by atoms with Gasteiger partial charge in [0.2, 0.25) is 10.5 Å². The first-order valence-electron chi connectivity index (χ1n) is 6.86. The van der Waals surface area contributed by atoms with E-state index in [0.29, 0.717) is 17.1 Å². The topological polar surface area (TPSA) is 55.1 Å². The molecule has 0 radical (unpaired) electrons. The Morgan fingerprint density at radius 2 is 2.20 bits per heavy atom. The summed E-state index contributed by atoms with van der Waals surface area (Å²) in [5.74, 6) is 0.619. The van der Waals surface area contributed by atoms with Crippen LogP contribution in [0.15, 0.2) is 4.79 Å². The number of nitrogens with one attached hydrogen (secondary N) is 1. The maximum atomic E-state index is 12.8. The molecule has 0 saturated heterocycles. The van der Waals surface area contributed by atoms with Gasteiger partial charge in [-0.2, -0.15) is 0 Å². The van der Waals surface area contributed by atoms with Gasteiger partial charge >= 0.3 is 0 Å². The SMILES string of the molecule is CCn1c(=O)c2c3c(sc2n2c(=S)[nH]nc12)CCCC3. The summed E-state index contributed by atoms with van der Waals surface area (Å²) in [7, 11) is 0. The first kappa shape index (κ1) is 12.3. The van der Waals surface area contributed by atoms with Crippen LogP contribution in [0.3, 0.4) is 0 Å². The number of aromatic amines is 1. The maximum Gasteiger partial charge on any atom is 0.263 e. The number of aromatic nitrogens is 4. The molecule has 0 aromatic carbocycles. The third-order valence-electron chi connectivity index (χ3n) is 4.03. The molecule has 7 heteroatoms. The number of rotatable bonds is 1. The van der Waals surface area contributed by atoms with Crippen LogP contribution >= 0.6 is 23.6 Å². The third kappa shape index (κ3) is 1.44. The van der Waals surface area contributed by atoms with Gasteiger partial charge in [-0.1, -0.05) is 0 Å². The van der Waals surface area contributed by atoms with Gasteiger partial charge in [-0.15, -0.1) is 16.4 Å². The summed E-state index contributed by atoms with van der Waals surface area (Å²) < 4.78 is 4.18. The molecule has 0 unspecified atom stereocenters. The molecule has 0 bridgehead atoms. The second-order valence-corrected chi connectivity index (χ2v) is 6.57. The number of hydrogen-bond acceptors (Lipinski definition) is 4. The molecule has 5 nitrogen and oxygen atoms in total. The third-order valence-corrected chi connectivity index (χ3v) is 5.58. The molecular weight excluding hydrogens is 292 g/mol. The Labute approximate surface area is 123 Å². The van der Waals surface area contributed by atoms with E-state index in [0.717, 1.165) is 23.1 Å². The van der Waals surface area contributed by atoms with Crippen LogP contribution in [0.1, 0.15) is 30.2 Å². The van der Waals surface area contributed by atoms with E-state index in [1.807, 2.05) is 11.3 Å². The molecule has 104 valence electrons. The first-order valence-corrected chi connectivity index (χ1v) is 8.09. The van der Waals surface area contributed by atoms with Crippen molar-refractivity contribution >= 4 is 39.5 Å². The Morgan fingerprint density at radius 3 is 3.00 bits per heavy atom. The fourth-order valence-corrected chi connectivity index (χ4v) is 4.75. The van der Waals surface area contributed by atoms with E-state index in [9.17, 15) is 4.79 Å². The lowest BCUT2D eigenvalue weighted by Crippen LogP contribution is -2.22. The van der Waals surface area contributed by atoms with Crippen LogP contribution in [-0.4, -0.2) is 19.2 Å². The second-order valence-electron chi connectivity index (χ2n) is 5.10. The average molecular weight is 306 g/mol. The van der Waals surface area contributed by atoms with Crippen molar-refractivity contribution in [3.05, 3.63) is 25.6 Å². The number of hydrogen-bond donors (Lipinski definition) is 1. The van der Waals surface area contributed by atoms with Gasteiger partial charge in [0.05, 0.1) is 5.39 Å². The Kier molecular flexibility index (Phi) is 2.62. The molecule has 20 heavy (non-hydrogen) atoms. The molecule has 0 aliphatic heterocycles. The lowest BCUT2D eigenvalue weighted by atomic mass is 9.97. The van der Waals surface area contributed by atoms with Crippen LogP contribution in [-0.2, 0) is 19.4 Å². The fraction of sp³-hybridized carbons (Fsp3) is 0.462. The molecule has 0 fully saturated rings. The predicted octanol–water partition coefficient (Wildman–Crippen LogP) is 2.67. The summed E-state index contributed by atoms with van der Waals surface area (Å²) in [5, 5.41) is 7.89. The van der Waals surface area contributed by atoms with Crippen molar-refractivity contribution in [1.29, 1.82) is 0 Å². The van der Waals surface area contributed by atoms with Crippen molar-refractivity contribution in [3.63, 3.8) is 0 Å². The molecule has 1 aliphatic carbocycles. The minimum absolute atomic E-state index is 0.0726. The lowest BCUT2D eigenvalue weighted by Gasteiger charge is -2.10. The Bertz CT molecular complexity index is 943. The Morgan fingerprint density at radius 1 is 1.40 bits per heavy atom.